The summed E-state index contributed by atoms with van der Waals surface area (Å²) in [6.07, 6.45) is 4.45. The molecule has 0 saturated heterocycles. The topological polar surface area (TPSA) is 83.8 Å². The van der Waals surface area contributed by atoms with Gasteiger partial charge in [0.2, 0.25) is 5.91 Å². The fourth-order valence-electron chi connectivity index (χ4n) is 1.81. The molecule has 18 heavy (non-hydrogen) atoms. The Kier molecular flexibility index (Phi) is 3.94. The second kappa shape index (κ2) is 5.64. The molecule has 5 nitrogen and oxygen atoms in total. The van der Waals surface area contributed by atoms with Crippen LogP contribution in [-0.4, -0.2) is 22.1 Å². The van der Waals surface area contributed by atoms with Crippen molar-refractivity contribution in [1.29, 1.82) is 0 Å². The quantitative estimate of drug-likeness (QED) is 0.754. The molecule has 0 bridgehead atoms. The lowest BCUT2D eigenvalue weighted by Gasteiger charge is -2.11. The number of nitrogens with one attached hydrogen (secondary N) is 2. The van der Waals surface area contributed by atoms with E-state index in [0.717, 1.165) is 35.9 Å². The van der Waals surface area contributed by atoms with Gasteiger partial charge < -0.3 is 11.1 Å². The molecule has 0 fully saturated rings. The number of unbranched alkanes of at least 4 members (excludes halogenated alkanes) is 1. The maximum atomic E-state index is 11.8. The van der Waals surface area contributed by atoms with E-state index >= 15 is 0 Å². The molecule has 0 radical (unpaired) electrons. The van der Waals surface area contributed by atoms with E-state index in [1.807, 2.05) is 18.2 Å². The van der Waals surface area contributed by atoms with Gasteiger partial charge in [0, 0.05) is 11.1 Å². The van der Waals surface area contributed by atoms with Crippen molar-refractivity contribution >= 4 is 22.5 Å². The molecular weight excluding hydrogens is 228 g/mol. The third kappa shape index (κ3) is 2.87. The number of hydrogen-bond donors (Lipinski definition) is 3. The van der Waals surface area contributed by atoms with Crippen LogP contribution in [0, 0.1) is 0 Å². The first-order valence-corrected chi connectivity index (χ1v) is 6.20. The summed E-state index contributed by atoms with van der Waals surface area (Å²) in [6, 6.07) is 5.16. The molecule has 96 valence electrons. The van der Waals surface area contributed by atoms with Crippen molar-refractivity contribution in [2.75, 3.05) is 5.32 Å². The summed E-state index contributed by atoms with van der Waals surface area (Å²) in [4.78, 5) is 11.8. The zero-order valence-electron chi connectivity index (χ0n) is 10.4. The molecule has 5 heteroatoms. The molecular formula is C13H18N4O. The highest BCUT2D eigenvalue weighted by Crippen LogP contribution is 2.17. The van der Waals surface area contributed by atoms with Crippen molar-refractivity contribution in [3.63, 3.8) is 0 Å². The van der Waals surface area contributed by atoms with Gasteiger partial charge in [0.05, 0.1) is 17.8 Å². The lowest BCUT2D eigenvalue weighted by molar-refractivity contribution is -0.117. The van der Waals surface area contributed by atoms with Gasteiger partial charge in [0.15, 0.2) is 0 Å². The summed E-state index contributed by atoms with van der Waals surface area (Å²) in [6.45, 7) is 2.08. The summed E-state index contributed by atoms with van der Waals surface area (Å²) < 4.78 is 0. The monoisotopic (exact) mass is 246 g/mol. The zero-order valence-corrected chi connectivity index (χ0v) is 10.4. The Morgan fingerprint density at radius 1 is 1.56 bits per heavy atom. The molecule has 0 aliphatic heterocycles. The Morgan fingerprint density at radius 3 is 3.17 bits per heavy atom. The Morgan fingerprint density at radius 2 is 2.39 bits per heavy atom. The lowest BCUT2D eigenvalue weighted by atomic mass is 10.1. The smallest absolute Gasteiger partial charge is 0.241 e. The number of aromatic nitrogens is 2. The number of hydrogen-bond acceptors (Lipinski definition) is 3. The minimum absolute atomic E-state index is 0.133. The number of carbonyl (C=O) groups is 1. The van der Waals surface area contributed by atoms with Gasteiger partial charge in [-0.15, -0.1) is 0 Å². The molecule has 1 amide bonds. The van der Waals surface area contributed by atoms with Gasteiger partial charge in [0.1, 0.15) is 0 Å². The minimum atomic E-state index is -0.440. The van der Waals surface area contributed by atoms with Crippen LogP contribution in [0.2, 0.25) is 0 Å². The molecule has 2 rings (SSSR count). The Bertz CT molecular complexity index is 535. The normalized spacial score (nSPS) is 12.6. The SMILES string of the molecule is CCCC[C@H](N)C(=O)Nc1ccc2[nH]ncc2c1. The Hall–Kier alpha value is -1.88. The third-order valence-electron chi connectivity index (χ3n) is 2.91. The van der Waals surface area contributed by atoms with Gasteiger partial charge in [-0.05, 0) is 24.6 Å². The molecule has 1 aromatic carbocycles. The first kappa shape index (κ1) is 12.6. The molecule has 0 unspecified atom stereocenters. The molecule has 1 aromatic heterocycles. The van der Waals surface area contributed by atoms with E-state index in [0.29, 0.717) is 0 Å². The third-order valence-corrected chi connectivity index (χ3v) is 2.91. The molecule has 1 atom stereocenters. The molecule has 4 N–H and O–H groups in total. The van der Waals surface area contributed by atoms with Crippen LogP contribution in [0.4, 0.5) is 5.69 Å². The maximum Gasteiger partial charge on any atom is 0.241 e. The predicted molar refractivity (Wildman–Crippen MR) is 72.2 cm³/mol. The van der Waals surface area contributed by atoms with Crippen LogP contribution in [0.1, 0.15) is 26.2 Å². The van der Waals surface area contributed by atoms with Crippen molar-refractivity contribution in [2.24, 2.45) is 5.73 Å². The number of nitrogens with zero attached hydrogens (tertiary/aromatic N) is 1. The molecule has 0 aliphatic rings. The van der Waals surface area contributed by atoms with Crippen LogP contribution in [0.15, 0.2) is 24.4 Å². The lowest BCUT2D eigenvalue weighted by Crippen LogP contribution is -2.35. The van der Waals surface area contributed by atoms with Crippen molar-refractivity contribution in [3.8, 4) is 0 Å². The number of aromatic amines is 1. The standard InChI is InChI=1S/C13H18N4O/c1-2-3-4-11(14)13(18)16-10-5-6-12-9(7-10)8-15-17-12/h5-8,11H,2-4,14H2,1H3,(H,15,17)(H,16,18)/t11-/m0/s1. The van der Waals surface area contributed by atoms with Gasteiger partial charge in [-0.3, -0.25) is 9.89 Å². The molecule has 0 saturated carbocycles. The fraction of sp³-hybridized carbons (Fsp3) is 0.385. The van der Waals surface area contributed by atoms with Gasteiger partial charge in [-0.2, -0.15) is 5.10 Å². The summed E-state index contributed by atoms with van der Waals surface area (Å²) in [5.74, 6) is -0.133. The van der Waals surface area contributed by atoms with E-state index in [1.165, 1.54) is 0 Å². The van der Waals surface area contributed by atoms with Crippen LogP contribution in [0.5, 0.6) is 0 Å². The average molecular weight is 246 g/mol. The molecule has 2 aromatic rings. The fourth-order valence-corrected chi connectivity index (χ4v) is 1.81. The molecule has 0 aliphatic carbocycles. The number of nitrogens with two attached hydrogens (primary N) is 1. The highest BCUT2D eigenvalue weighted by atomic mass is 16.2. The van der Waals surface area contributed by atoms with E-state index in [-0.39, 0.29) is 5.91 Å². The second-order valence-electron chi connectivity index (χ2n) is 4.41. The van der Waals surface area contributed by atoms with E-state index in [4.69, 9.17) is 5.73 Å². The number of anilines is 1. The number of amides is 1. The van der Waals surface area contributed by atoms with Gasteiger partial charge in [-0.1, -0.05) is 19.8 Å². The van der Waals surface area contributed by atoms with E-state index in [2.05, 4.69) is 22.4 Å². The predicted octanol–water partition coefficient (Wildman–Crippen LogP) is 2.02. The highest BCUT2D eigenvalue weighted by Gasteiger charge is 2.12. The molecule has 1 heterocycles. The van der Waals surface area contributed by atoms with Crippen LogP contribution in [0.3, 0.4) is 0 Å². The van der Waals surface area contributed by atoms with Crippen molar-refractivity contribution in [2.45, 2.75) is 32.2 Å². The van der Waals surface area contributed by atoms with Gasteiger partial charge in [-0.25, -0.2) is 0 Å². The largest absolute Gasteiger partial charge is 0.325 e. The number of rotatable bonds is 5. The van der Waals surface area contributed by atoms with Crippen LogP contribution in [-0.2, 0) is 4.79 Å². The summed E-state index contributed by atoms with van der Waals surface area (Å²) in [5, 5.41) is 10.6. The van der Waals surface area contributed by atoms with Crippen molar-refractivity contribution in [3.05, 3.63) is 24.4 Å². The van der Waals surface area contributed by atoms with Crippen LogP contribution in [0.25, 0.3) is 10.9 Å². The minimum Gasteiger partial charge on any atom is -0.325 e. The number of H-pyrrole nitrogens is 1. The Balaban J connectivity index is 2.01. The summed E-state index contributed by atoms with van der Waals surface area (Å²) >= 11 is 0. The number of fused-ring (bicyclic) bond motifs is 1. The van der Waals surface area contributed by atoms with Gasteiger partial charge >= 0.3 is 0 Å². The van der Waals surface area contributed by atoms with Crippen LogP contribution < -0.4 is 11.1 Å². The second-order valence-corrected chi connectivity index (χ2v) is 4.41. The van der Waals surface area contributed by atoms with Crippen LogP contribution >= 0.6 is 0 Å². The summed E-state index contributed by atoms with van der Waals surface area (Å²) in [5.41, 5.74) is 7.51. The van der Waals surface area contributed by atoms with Gasteiger partial charge in [0.25, 0.3) is 0 Å². The Labute approximate surface area is 106 Å². The molecule has 0 spiro atoms. The van der Waals surface area contributed by atoms with Crippen molar-refractivity contribution in [1.82, 2.24) is 10.2 Å². The van der Waals surface area contributed by atoms with E-state index in [9.17, 15) is 4.79 Å². The number of carbonyl (C=O) groups excluding carboxylic acids is 1. The highest BCUT2D eigenvalue weighted by molar-refractivity contribution is 5.96. The summed E-state index contributed by atoms with van der Waals surface area (Å²) in [7, 11) is 0. The average Bonchev–Trinajstić information content (AvgIpc) is 2.83. The number of benzene rings is 1. The first-order chi connectivity index (χ1) is 8.70. The zero-order chi connectivity index (χ0) is 13.0. The van der Waals surface area contributed by atoms with E-state index < -0.39 is 6.04 Å². The first-order valence-electron chi connectivity index (χ1n) is 6.20. The van der Waals surface area contributed by atoms with Crippen molar-refractivity contribution < 1.29 is 4.79 Å². The van der Waals surface area contributed by atoms with E-state index in [1.54, 1.807) is 6.20 Å². The maximum absolute atomic E-state index is 11.8.